The van der Waals surface area contributed by atoms with E-state index in [1.54, 1.807) is 0 Å². The third-order valence-corrected chi connectivity index (χ3v) is 3.82. The van der Waals surface area contributed by atoms with Gasteiger partial charge in [-0.15, -0.1) is 0 Å². The molecule has 1 heterocycles. The van der Waals surface area contributed by atoms with Crippen LogP contribution < -0.4 is 0 Å². The standard InChI is InChI=1S/C9H5ClN2O3.C7H4ClNO3/c10-8-3-6(12(13)14)1-2-7(8)9-4-11-5-15-9;8-7-3-6(9(11)12)2-1-5(7)4-10/h1-5H;1-4H. The molecule has 0 unspecified atom stereocenters. The third kappa shape index (κ3) is 5.09. The fraction of sp³-hybridized carbons (Fsp3) is 0. The number of carbonyl (C=O) groups is 1. The van der Waals surface area contributed by atoms with Crippen molar-refractivity contribution < 1.29 is 19.1 Å². The molecule has 2 aromatic carbocycles. The Labute approximate surface area is 161 Å². The van der Waals surface area contributed by atoms with Crippen LogP contribution in [0.5, 0.6) is 0 Å². The first-order valence-corrected chi connectivity index (χ1v) is 7.81. The van der Waals surface area contributed by atoms with Crippen molar-refractivity contribution in [3.05, 3.63) is 84.8 Å². The zero-order chi connectivity index (χ0) is 20.0. The molecule has 0 saturated carbocycles. The quantitative estimate of drug-likeness (QED) is 0.337. The maximum absolute atomic E-state index is 10.5. The summed E-state index contributed by atoms with van der Waals surface area (Å²) in [4.78, 5) is 33.6. The summed E-state index contributed by atoms with van der Waals surface area (Å²) in [5.41, 5.74) is 0.663. The molecule has 0 bridgehead atoms. The van der Waals surface area contributed by atoms with E-state index in [0.29, 0.717) is 17.6 Å². The van der Waals surface area contributed by atoms with Crippen LogP contribution >= 0.6 is 23.2 Å². The molecule has 0 spiro atoms. The van der Waals surface area contributed by atoms with E-state index in [2.05, 4.69) is 4.98 Å². The van der Waals surface area contributed by atoms with Crippen molar-refractivity contribution in [3.8, 4) is 11.3 Å². The summed E-state index contributed by atoms with van der Waals surface area (Å²) in [5, 5.41) is 21.0. The molecule has 0 radical (unpaired) electrons. The van der Waals surface area contributed by atoms with Gasteiger partial charge in [-0.05, 0) is 12.1 Å². The summed E-state index contributed by atoms with van der Waals surface area (Å²) in [6, 6.07) is 7.86. The number of oxazole rings is 1. The van der Waals surface area contributed by atoms with Gasteiger partial charge in [0.15, 0.2) is 18.4 Å². The van der Waals surface area contributed by atoms with E-state index in [9.17, 15) is 25.0 Å². The van der Waals surface area contributed by atoms with Crippen molar-refractivity contribution in [2.45, 2.75) is 0 Å². The van der Waals surface area contributed by atoms with E-state index >= 15 is 0 Å². The van der Waals surface area contributed by atoms with E-state index in [0.717, 1.165) is 6.07 Å². The van der Waals surface area contributed by atoms with Gasteiger partial charge in [-0.2, -0.15) is 0 Å². The number of aromatic nitrogens is 1. The maximum Gasteiger partial charge on any atom is 0.270 e. The average Bonchev–Trinajstić information content (AvgIpc) is 3.16. The predicted molar refractivity (Wildman–Crippen MR) is 97.1 cm³/mol. The van der Waals surface area contributed by atoms with Crippen molar-refractivity contribution in [3.63, 3.8) is 0 Å². The van der Waals surface area contributed by atoms with Crippen LogP contribution in [0.3, 0.4) is 0 Å². The number of rotatable bonds is 4. The molecule has 0 amide bonds. The molecule has 0 aliphatic carbocycles. The number of hydrogen-bond acceptors (Lipinski definition) is 7. The lowest BCUT2D eigenvalue weighted by Gasteiger charge is -1.99. The number of benzene rings is 2. The third-order valence-electron chi connectivity index (χ3n) is 3.18. The fourth-order valence-electron chi connectivity index (χ4n) is 1.89. The minimum Gasteiger partial charge on any atom is -0.443 e. The first-order chi connectivity index (χ1) is 12.8. The zero-order valence-corrected chi connectivity index (χ0v) is 14.8. The van der Waals surface area contributed by atoms with Gasteiger partial charge in [-0.1, -0.05) is 23.2 Å². The lowest BCUT2D eigenvalue weighted by molar-refractivity contribution is -0.385. The van der Waals surface area contributed by atoms with Crippen LogP contribution in [-0.4, -0.2) is 21.1 Å². The molecule has 0 aliphatic heterocycles. The lowest BCUT2D eigenvalue weighted by Crippen LogP contribution is -1.89. The number of aldehydes is 1. The summed E-state index contributed by atoms with van der Waals surface area (Å²) >= 11 is 11.4. The van der Waals surface area contributed by atoms with E-state index in [1.165, 1.54) is 42.9 Å². The molecule has 3 rings (SSSR count). The van der Waals surface area contributed by atoms with Gasteiger partial charge in [-0.25, -0.2) is 4.98 Å². The van der Waals surface area contributed by atoms with Gasteiger partial charge in [0, 0.05) is 35.4 Å². The second-order valence-electron chi connectivity index (χ2n) is 4.87. The molecule has 11 heteroatoms. The molecule has 0 fully saturated rings. The Morgan fingerprint density at radius 1 is 0.963 bits per heavy atom. The minimum absolute atomic E-state index is 0.0525. The largest absolute Gasteiger partial charge is 0.443 e. The van der Waals surface area contributed by atoms with Crippen molar-refractivity contribution in [1.82, 2.24) is 4.98 Å². The second-order valence-corrected chi connectivity index (χ2v) is 5.68. The molecule has 0 N–H and O–H groups in total. The number of carbonyl (C=O) groups excluding carboxylic acids is 1. The first-order valence-electron chi connectivity index (χ1n) is 7.05. The number of halogens is 2. The van der Waals surface area contributed by atoms with Gasteiger partial charge in [0.05, 0.1) is 26.1 Å². The Bertz CT molecular complexity index is 992. The molecule has 3 aromatic rings. The summed E-state index contributed by atoms with van der Waals surface area (Å²) in [6.07, 6.45) is 3.31. The van der Waals surface area contributed by atoms with Crippen molar-refractivity contribution in [2.75, 3.05) is 0 Å². The molecule has 1 aromatic heterocycles. The number of non-ortho nitro benzene ring substituents is 2. The normalized spacial score (nSPS) is 9.85. The molecule has 9 nitrogen and oxygen atoms in total. The smallest absolute Gasteiger partial charge is 0.270 e. The summed E-state index contributed by atoms with van der Waals surface area (Å²) < 4.78 is 5.04. The lowest BCUT2D eigenvalue weighted by atomic mass is 10.2. The highest BCUT2D eigenvalue weighted by Crippen LogP contribution is 2.30. The van der Waals surface area contributed by atoms with E-state index in [-0.39, 0.29) is 27.0 Å². The second kappa shape index (κ2) is 8.88. The van der Waals surface area contributed by atoms with E-state index < -0.39 is 9.85 Å². The molecular formula is C16H9Cl2N3O6. The SMILES string of the molecule is O=Cc1ccc([N+](=O)[O-])cc1Cl.O=[N+]([O-])c1ccc(-c2cnco2)c(Cl)c1. The number of hydrogen-bond donors (Lipinski definition) is 0. The van der Waals surface area contributed by atoms with Crippen LogP contribution in [-0.2, 0) is 0 Å². The van der Waals surface area contributed by atoms with Crippen LogP contribution in [0.1, 0.15) is 10.4 Å². The van der Waals surface area contributed by atoms with Gasteiger partial charge in [-0.3, -0.25) is 25.0 Å². The van der Waals surface area contributed by atoms with Crippen molar-refractivity contribution in [2.24, 2.45) is 0 Å². The fourth-order valence-corrected chi connectivity index (χ4v) is 2.38. The highest BCUT2D eigenvalue weighted by Gasteiger charge is 2.12. The van der Waals surface area contributed by atoms with Crippen LogP contribution in [0.2, 0.25) is 10.0 Å². The van der Waals surface area contributed by atoms with Crippen molar-refractivity contribution in [1.29, 1.82) is 0 Å². The van der Waals surface area contributed by atoms with Gasteiger partial charge in [0.1, 0.15) is 0 Å². The molecule has 138 valence electrons. The highest BCUT2D eigenvalue weighted by molar-refractivity contribution is 6.33. The Hall–Kier alpha value is -3.30. The average molecular weight is 410 g/mol. The van der Waals surface area contributed by atoms with Crippen LogP contribution in [0.4, 0.5) is 11.4 Å². The van der Waals surface area contributed by atoms with Gasteiger partial charge in [0.25, 0.3) is 11.4 Å². The predicted octanol–water partition coefficient (Wildman–Crippen LogP) is 4.96. The number of nitro groups is 2. The first kappa shape index (κ1) is 20.0. The summed E-state index contributed by atoms with van der Waals surface area (Å²) in [6.45, 7) is 0. The van der Waals surface area contributed by atoms with Crippen LogP contribution in [0.15, 0.2) is 53.4 Å². The van der Waals surface area contributed by atoms with Crippen LogP contribution in [0, 0.1) is 20.2 Å². The minimum atomic E-state index is -0.569. The number of nitro benzene ring substituents is 2. The molecule has 0 atom stereocenters. The summed E-state index contributed by atoms with van der Waals surface area (Å²) in [5.74, 6) is 0.481. The molecular weight excluding hydrogens is 401 g/mol. The topological polar surface area (TPSA) is 129 Å². The molecule has 27 heavy (non-hydrogen) atoms. The van der Waals surface area contributed by atoms with Crippen molar-refractivity contribution >= 4 is 40.9 Å². The molecule has 0 aliphatic rings. The van der Waals surface area contributed by atoms with Gasteiger partial charge < -0.3 is 4.42 Å². The summed E-state index contributed by atoms with van der Waals surface area (Å²) in [7, 11) is 0. The Balaban J connectivity index is 0.000000199. The Kier molecular flexibility index (Phi) is 6.58. The van der Waals surface area contributed by atoms with E-state index in [1.807, 2.05) is 0 Å². The van der Waals surface area contributed by atoms with Gasteiger partial charge >= 0.3 is 0 Å². The Morgan fingerprint density at radius 3 is 2.00 bits per heavy atom. The van der Waals surface area contributed by atoms with E-state index in [4.69, 9.17) is 27.6 Å². The Morgan fingerprint density at radius 2 is 1.56 bits per heavy atom. The zero-order valence-electron chi connectivity index (χ0n) is 13.2. The molecule has 0 saturated heterocycles. The maximum atomic E-state index is 10.5. The van der Waals surface area contributed by atoms with Crippen LogP contribution in [0.25, 0.3) is 11.3 Å². The monoisotopic (exact) mass is 409 g/mol. The highest BCUT2D eigenvalue weighted by atomic mass is 35.5. The van der Waals surface area contributed by atoms with Gasteiger partial charge in [0.2, 0.25) is 0 Å². The number of nitrogens with zero attached hydrogens (tertiary/aromatic N) is 3.